The van der Waals surface area contributed by atoms with Crippen LogP contribution in [0.25, 0.3) is 22.3 Å². The van der Waals surface area contributed by atoms with E-state index >= 15 is 0 Å². The van der Waals surface area contributed by atoms with Crippen LogP contribution in [0.15, 0.2) is 78.9 Å². The van der Waals surface area contributed by atoms with E-state index in [1.165, 1.54) is 18.2 Å². The highest BCUT2D eigenvalue weighted by Gasteiger charge is 2.25. The number of halogens is 2. The smallest absolute Gasteiger partial charge is 0.228 e. The van der Waals surface area contributed by atoms with E-state index < -0.39 is 0 Å². The lowest BCUT2D eigenvalue weighted by atomic mass is 10.1. The van der Waals surface area contributed by atoms with Gasteiger partial charge in [-0.15, -0.1) is 5.10 Å². The second-order valence-corrected chi connectivity index (χ2v) is 9.47. The van der Waals surface area contributed by atoms with Crippen molar-refractivity contribution < 1.29 is 8.78 Å². The number of hydrogen-bond donors (Lipinski definition) is 1. The van der Waals surface area contributed by atoms with E-state index in [1.807, 2.05) is 42.5 Å². The molecule has 0 saturated carbocycles. The molecule has 0 unspecified atom stereocenters. The molecule has 0 atom stereocenters. The highest BCUT2D eigenvalue weighted by atomic mass is 19.1. The van der Waals surface area contributed by atoms with E-state index in [4.69, 9.17) is 20.8 Å². The average molecular weight is 512 g/mol. The normalized spacial score (nSPS) is 14.3. The largest absolute Gasteiger partial charge is 0.383 e. The maximum Gasteiger partial charge on any atom is 0.228 e. The average Bonchev–Trinajstić information content (AvgIpc) is 3.25. The van der Waals surface area contributed by atoms with Gasteiger partial charge in [0.15, 0.2) is 5.65 Å². The number of rotatable bonds is 6. The molecule has 1 aliphatic heterocycles. The number of anilines is 2. The lowest BCUT2D eigenvalue weighted by Crippen LogP contribution is -2.46. The first-order valence-electron chi connectivity index (χ1n) is 12.6. The number of nitrogens with two attached hydrogens (primary N) is 1. The number of piperazine rings is 1. The minimum absolute atomic E-state index is 0.233. The van der Waals surface area contributed by atoms with Gasteiger partial charge in [0, 0.05) is 38.3 Å². The van der Waals surface area contributed by atoms with Crippen LogP contribution in [0.1, 0.15) is 11.1 Å². The minimum atomic E-state index is -0.377. The van der Waals surface area contributed by atoms with Crippen LogP contribution in [-0.4, -0.2) is 50.8 Å². The Labute approximate surface area is 219 Å². The Balaban J connectivity index is 1.32. The summed E-state index contributed by atoms with van der Waals surface area (Å²) in [6.07, 6.45) is 0. The van der Waals surface area contributed by atoms with Crippen LogP contribution < -0.4 is 10.6 Å². The maximum absolute atomic E-state index is 15.0. The Kier molecular flexibility index (Phi) is 6.43. The summed E-state index contributed by atoms with van der Waals surface area (Å²) in [5.41, 5.74) is 9.92. The fourth-order valence-corrected chi connectivity index (χ4v) is 4.86. The molecule has 3 heterocycles. The van der Waals surface area contributed by atoms with Crippen LogP contribution in [-0.2, 0) is 13.1 Å². The summed E-state index contributed by atoms with van der Waals surface area (Å²) in [7, 11) is 0. The van der Waals surface area contributed by atoms with E-state index in [9.17, 15) is 8.78 Å². The maximum atomic E-state index is 15.0. The number of benzene rings is 3. The van der Waals surface area contributed by atoms with Gasteiger partial charge in [0.25, 0.3) is 0 Å². The van der Waals surface area contributed by atoms with E-state index in [0.29, 0.717) is 53.7 Å². The van der Waals surface area contributed by atoms with Crippen molar-refractivity contribution in [1.82, 2.24) is 24.6 Å². The van der Waals surface area contributed by atoms with Crippen molar-refractivity contribution in [3.05, 3.63) is 102 Å². The molecule has 38 heavy (non-hydrogen) atoms. The van der Waals surface area contributed by atoms with Gasteiger partial charge in [-0.3, -0.25) is 4.90 Å². The van der Waals surface area contributed by atoms with Crippen LogP contribution in [0.5, 0.6) is 0 Å². The standard InChI is InChI=1S/C29H27F2N7/c30-22-12-10-21(11-13-22)18-36-14-16-37(17-15-36)29-33-26(23-8-4-5-9-24(23)31)25-27(32)38(35-28(25)34-29)19-20-6-2-1-3-7-20/h1-13H,14-19,32H2. The Morgan fingerprint density at radius 1 is 0.737 bits per heavy atom. The van der Waals surface area contributed by atoms with E-state index in [2.05, 4.69) is 9.80 Å². The van der Waals surface area contributed by atoms with E-state index in [-0.39, 0.29) is 11.6 Å². The van der Waals surface area contributed by atoms with Gasteiger partial charge in [-0.2, -0.15) is 4.98 Å². The van der Waals surface area contributed by atoms with Gasteiger partial charge in [-0.1, -0.05) is 54.6 Å². The van der Waals surface area contributed by atoms with Crippen LogP contribution in [0.3, 0.4) is 0 Å². The first-order chi connectivity index (χ1) is 18.5. The van der Waals surface area contributed by atoms with Crippen molar-refractivity contribution in [2.24, 2.45) is 0 Å². The molecule has 5 aromatic rings. The Morgan fingerprint density at radius 3 is 2.16 bits per heavy atom. The summed E-state index contributed by atoms with van der Waals surface area (Å²) in [6.45, 7) is 4.19. The van der Waals surface area contributed by atoms with Gasteiger partial charge in [0.1, 0.15) is 17.5 Å². The van der Waals surface area contributed by atoms with Crippen LogP contribution >= 0.6 is 0 Å². The van der Waals surface area contributed by atoms with E-state index in [1.54, 1.807) is 22.9 Å². The van der Waals surface area contributed by atoms with Crippen molar-refractivity contribution in [3.8, 4) is 11.3 Å². The first kappa shape index (κ1) is 24.0. The highest BCUT2D eigenvalue weighted by molar-refractivity contribution is 5.99. The second-order valence-electron chi connectivity index (χ2n) is 9.47. The Hall–Kier alpha value is -4.37. The molecule has 0 amide bonds. The van der Waals surface area contributed by atoms with Crippen molar-refractivity contribution in [2.45, 2.75) is 13.1 Å². The fourth-order valence-electron chi connectivity index (χ4n) is 4.86. The van der Waals surface area contributed by atoms with Gasteiger partial charge in [-0.05, 0) is 35.4 Å². The molecule has 2 aromatic heterocycles. The van der Waals surface area contributed by atoms with Crippen LogP contribution in [0, 0.1) is 11.6 Å². The van der Waals surface area contributed by atoms with Crippen molar-refractivity contribution in [1.29, 1.82) is 0 Å². The zero-order valence-corrected chi connectivity index (χ0v) is 20.8. The number of nitrogen functional groups attached to an aromatic ring is 1. The van der Waals surface area contributed by atoms with Crippen LogP contribution in [0.4, 0.5) is 20.5 Å². The Morgan fingerprint density at radius 2 is 1.42 bits per heavy atom. The molecular weight excluding hydrogens is 484 g/mol. The van der Waals surface area contributed by atoms with Crippen molar-refractivity contribution in [2.75, 3.05) is 36.8 Å². The second kappa shape index (κ2) is 10.2. The third-order valence-electron chi connectivity index (χ3n) is 6.91. The van der Waals surface area contributed by atoms with Crippen molar-refractivity contribution >= 4 is 22.8 Å². The molecule has 0 radical (unpaired) electrons. The molecule has 0 aliphatic carbocycles. The predicted octanol–water partition coefficient (Wildman–Crippen LogP) is 4.72. The molecular formula is C29H27F2N7. The molecule has 9 heteroatoms. The number of aromatic nitrogens is 4. The zero-order valence-electron chi connectivity index (χ0n) is 20.8. The summed E-state index contributed by atoms with van der Waals surface area (Å²) in [4.78, 5) is 14.0. The van der Waals surface area contributed by atoms with Crippen LogP contribution in [0.2, 0.25) is 0 Å². The Bertz CT molecular complexity index is 1560. The summed E-state index contributed by atoms with van der Waals surface area (Å²) >= 11 is 0. The lowest BCUT2D eigenvalue weighted by Gasteiger charge is -2.34. The quantitative estimate of drug-likeness (QED) is 0.356. The molecule has 6 rings (SSSR count). The SMILES string of the molecule is Nc1c2c(-c3ccccc3F)nc(N3CCN(Cc4ccc(F)cc4)CC3)nc2nn1Cc1ccccc1. The van der Waals surface area contributed by atoms with Gasteiger partial charge >= 0.3 is 0 Å². The van der Waals surface area contributed by atoms with Gasteiger partial charge in [0.2, 0.25) is 5.95 Å². The topological polar surface area (TPSA) is 76.1 Å². The fraction of sp³-hybridized carbons (Fsp3) is 0.207. The minimum Gasteiger partial charge on any atom is -0.383 e. The van der Waals surface area contributed by atoms with Gasteiger partial charge in [-0.25, -0.2) is 18.4 Å². The molecule has 7 nitrogen and oxygen atoms in total. The highest BCUT2D eigenvalue weighted by Crippen LogP contribution is 2.34. The molecule has 0 bridgehead atoms. The summed E-state index contributed by atoms with van der Waals surface area (Å²) in [6, 6.07) is 23.1. The third kappa shape index (κ3) is 4.80. The zero-order chi connectivity index (χ0) is 26.1. The number of fused-ring (bicyclic) bond motifs is 1. The summed E-state index contributed by atoms with van der Waals surface area (Å²) in [5.74, 6) is 0.292. The van der Waals surface area contributed by atoms with Crippen molar-refractivity contribution in [3.63, 3.8) is 0 Å². The lowest BCUT2D eigenvalue weighted by molar-refractivity contribution is 0.248. The van der Waals surface area contributed by atoms with Gasteiger partial charge < -0.3 is 10.6 Å². The molecule has 3 aromatic carbocycles. The predicted molar refractivity (Wildman–Crippen MR) is 145 cm³/mol. The first-order valence-corrected chi connectivity index (χ1v) is 12.6. The summed E-state index contributed by atoms with van der Waals surface area (Å²) in [5, 5.41) is 5.25. The number of nitrogens with zero attached hydrogens (tertiary/aromatic N) is 6. The third-order valence-corrected chi connectivity index (χ3v) is 6.91. The molecule has 192 valence electrons. The molecule has 1 saturated heterocycles. The summed E-state index contributed by atoms with van der Waals surface area (Å²) < 4.78 is 29.9. The molecule has 1 aliphatic rings. The molecule has 0 spiro atoms. The van der Waals surface area contributed by atoms with E-state index in [0.717, 1.165) is 30.8 Å². The molecule has 1 fully saturated rings. The number of hydrogen-bond acceptors (Lipinski definition) is 6. The van der Waals surface area contributed by atoms with Gasteiger partial charge in [0.05, 0.1) is 17.6 Å². The monoisotopic (exact) mass is 511 g/mol. The molecule has 2 N–H and O–H groups in total.